The van der Waals surface area contributed by atoms with Crippen LogP contribution in [-0.4, -0.2) is 31.8 Å². The lowest BCUT2D eigenvalue weighted by molar-refractivity contribution is -0.143. The molecular formula is C16H27NO4. The summed E-state index contributed by atoms with van der Waals surface area (Å²) in [7, 11) is 0. The van der Waals surface area contributed by atoms with E-state index in [1.807, 2.05) is 0 Å². The highest BCUT2D eigenvalue weighted by Crippen LogP contribution is 2.03. The molecule has 1 amide bonds. The first kappa shape index (κ1) is 19.3. The average molecular weight is 297 g/mol. The lowest BCUT2D eigenvalue weighted by Crippen LogP contribution is -2.25. The van der Waals surface area contributed by atoms with Crippen molar-refractivity contribution in [2.24, 2.45) is 0 Å². The van der Waals surface area contributed by atoms with E-state index in [4.69, 9.17) is 11.2 Å². The summed E-state index contributed by atoms with van der Waals surface area (Å²) in [5.74, 6) is 2.08. The first-order chi connectivity index (χ1) is 10.2. The van der Waals surface area contributed by atoms with Gasteiger partial charge in [-0.15, -0.1) is 6.42 Å². The summed E-state index contributed by atoms with van der Waals surface area (Å²) < 4.78 is 9.78. The number of esters is 1. The minimum atomic E-state index is -0.501. The van der Waals surface area contributed by atoms with Crippen LogP contribution >= 0.6 is 0 Å². The van der Waals surface area contributed by atoms with Crippen LogP contribution in [0.2, 0.25) is 0 Å². The molecule has 0 aliphatic heterocycles. The number of nitrogens with one attached hydrogen (secondary N) is 1. The Kier molecular flexibility index (Phi) is 13.5. The second-order valence-corrected chi connectivity index (χ2v) is 4.80. The zero-order valence-electron chi connectivity index (χ0n) is 13.0. The van der Waals surface area contributed by atoms with E-state index in [0.29, 0.717) is 19.6 Å². The first-order valence-electron chi connectivity index (χ1n) is 7.70. The van der Waals surface area contributed by atoms with Gasteiger partial charge in [0.25, 0.3) is 0 Å². The van der Waals surface area contributed by atoms with Gasteiger partial charge < -0.3 is 14.8 Å². The molecule has 0 aromatic carbocycles. The van der Waals surface area contributed by atoms with Crippen molar-refractivity contribution in [2.45, 2.75) is 58.3 Å². The number of unbranched alkanes of at least 4 members (excludes halogenated alkanes) is 5. The molecule has 0 spiro atoms. The van der Waals surface area contributed by atoms with Crippen LogP contribution in [0, 0.1) is 12.3 Å². The SMILES string of the molecule is C#CCOC(=O)NCCCCCC(=O)OCCCCCC. The van der Waals surface area contributed by atoms with Crippen LogP contribution in [0.1, 0.15) is 58.3 Å². The maximum absolute atomic E-state index is 11.4. The summed E-state index contributed by atoms with van der Waals surface area (Å²) in [6, 6.07) is 0. The summed E-state index contributed by atoms with van der Waals surface area (Å²) in [5, 5.41) is 2.59. The molecule has 5 heteroatoms. The molecule has 0 fully saturated rings. The fourth-order valence-corrected chi connectivity index (χ4v) is 1.71. The summed E-state index contributed by atoms with van der Waals surface area (Å²) in [6.07, 6.45) is 11.8. The molecule has 5 nitrogen and oxygen atoms in total. The molecular weight excluding hydrogens is 270 g/mol. The molecule has 0 aliphatic carbocycles. The minimum absolute atomic E-state index is 0.0179. The standard InChI is InChI=1S/C16H27NO4/c1-3-5-6-10-14-20-15(18)11-8-7-9-12-17-16(19)21-13-4-2/h2H,3,5-14H2,1H3,(H,17,19). The van der Waals surface area contributed by atoms with Gasteiger partial charge in [0, 0.05) is 13.0 Å². The topological polar surface area (TPSA) is 64.6 Å². The third-order valence-electron chi connectivity index (χ3n) is 2.87. The van der Waals surface area contributed by atoms with Gasteiger partial charge in [0.1, 0.15) is 0 Å². The van der Waals surface area contributed by atoms with Crippen molar-refractivity contribution in [3.8, 4) is 12.3 Å². The summed E-state index contributed by atoms with van der Waals surface area (Å²) >= 11 is 0. The molecule has 0 aromatic rings. The largest absolute Gasteiger partial charge is 0.466 e. The molecule has 1 N–H and O–H groups in total. The number of alkyl carbamates (subject to hydrolysis) is 1. The van der Waals surface area contributed by atoms with E-state index in [-0.39, 0.29) is 12.6 Å². The van der Waals surface area contributed by atoms with E-state index in [1.54, 1.807) is 0 Å². The minimum Gasteiger partial charge on any atom is -0.466 e. The van der Waals surface area contributed by atoms with E-state index in [1.165, 1.54) is 12.8 Å². The molecule has 0 rings (SSSR count). The van der Waals surface area contributed by atoms with Crippen LogP contribution in [0.15, 0.2) is 0 Å². The fourth-order valence-electron chi connectivity index (χ4n) is 1.71. The Balaban J connectivity index is 3.28. The Labute approximate surface area is 127 Å². The van der Waals surface area contributed by atoms with Gasteiger partial charge in [0.05, 0.1) is 6.61 Å². The van der Waals surface area contributed by atoms with Crippen LogP contribution < -0.4 is 5.32 Å². The number of terminal acetylenes is 1. The highest BCUT2D eigenvalue weighted by atomic mass is 16.5. The predicted octanol–water partition coefficient (Wildman–Crippen LogP) is 3.03. The van der Waals surface area contributed by atoms with Crippen LogP contribution in [0.5, 0.6) is 0 Å². The summed E-state index contributed by atoms with van der Waals surface area (Å²) in [4.78, 5) is 22.4. The number of carbonyl (C=O) groups excluding carboxylic acids is 2. The second-order valence-electron chi connectivity index (χ2n) is 4.80. The Morgan fingerprint density at radius 1 is 1.05 bits per heavy atom. The highest BCUT2D eigenvalue weighted by Gasteiger charge is 2.03. The van der Waals surface area contributed by atoms with Gasteiger partial charge in [-0.05, 0) is 19.3 Å². The monoisotopic (exact) mass is 297 g/mol. The Morgan fingerprint density at radius 2 is 1.81 bits per heavy atom. The van der Waals surface area contributed by atoms with Gasteiger partial charge in [-0.25, -0.2) is 4.79 Å². The Morgan fingerprint density at radius 3 is 2.52 bits per heavy atom. The molecule has 0 aromatic heterocycles. The maximum atomic E-state index is 11.4. The van der Waals surface area contributed by atoms with Crippen molar-refractivity contribution < 1.29 is 19.1 Å². The molecule has 0 aliphatic rings. The van der Waals surface area contributed by atoms with Crippen molar-refractivity contribution in [3.05, 3.63) is 0 Å². The highest BCUT2D eigenvalue weighted by molar-refractivity contribution is 5.69. The van der Waals surface area contributed by atoms with Crippen molar-refractivity contribution in [2.75, 3.05) is 19.8 Å². The zero-order chi connectivity index (χ0) is 15.8. The summed E-state index contributed by atoms with van der Waals surface area (Å²) in [5.41, 5.74) is 0. The van der Waals surface area contributed by atoms with E-state index in [2.05, 4.69) is 22.9 Å². The lowest BCUT2D eigenvalue weighted by Gasteiger charge is -2.05. The molecule has 0 atom stereocenters. The van der Waals surface area contributed by atoms with Gasteiger partial charge in [0.15, 0.2) is 6.61 Å². The first-order valence-corrected chi connectivity index (χ1v) is 7.70. The van der Waals surface area contributed by atoms with Crippen molar-refractivity contribution in [1.29, 1.82) is 0 Å². The van der Waals surface area contributed by atoms with Crippen LogP contribution in [0.4, 0.5) is 4.79 Å². The fraction of sp³-hybridized carbons (Fsp3) is 0.750. The number of hydrogen-bond donors (Lipinski definition) is 1. The smallest absolute Gasteiger partial charge is 0.408 e. The zero-order valence-corrected chi connectivity index (χ0v) is 13.0. The number of hydrogen-bond acceptors (Lipinski definition) is 4. The molecule has 21 heavy (non-hydrogen) atoms. The lowest BCUT2D eigenvalue weighted by atomic mass is 10.2. The normalized spacial score (nSPS) is 9.71. The maximum Gasteiger partial charge on any atom is 0.408 e. The molecule has 120 valence electrons. The number of amides is 1. The third-order valence-corrected chi connectivity index (χ3v) is 2.87. The molecule has 0 saturated carbocycles. The summed E-state index contributed by atoms with van der Waals surface area (Å²) in [6.45, 7) is 3.18. The Hall–Kier alpha value is -1.70. The van der Waals surface area contributed by atoms with Crippen LogP contribution in [0.25, 0.3) is 0 Å². The molecule has 0 bridgehead atoms. The van der Waals surface area contributed by atoms with Gasteiger partial charge in [-0.2, -0.15) is 0 Å². The third kappa shape index (κ3) is 14.5. The number of carbonyl (C=O) groups is 2. The van der Waals surface area contributed by atoms with Crippen molar-refractivity contribution in [1.82, 2.24) is 5.32 Å². The molecule has 0 saturated heterocycles. The Bertz CT molecular complexity index is 323. The van der Waals surface area contributed by atoms with Crippen molar-refractivity contribution in [3.63, 3.8) is 0 Å². The van der Waals surface area contributed by atoms with E-state index < -0.39 is 6.09 Å². The molecule has 0 heterocycles. The quantitative estimate of drug-likeness (QED) is 0.341. The molecule has 0 unspecified atom stereocenters. The van der Waals surface area contributed by atoms with E-state index in [0.717, 1.165) is 32.1 Å². The number of rotatable bonds is 12. The van der Waals surface area contributed by atoms with Crippen LogP contribution in [0.3, 0.4) is 0 Å². The number of ether oxygens (including phenoxy) is 2. The van der Waals surface area contributed by atoms with E-state index in [9.17, 15) is 9.59 Å². The second kappa shape index (κ2) is 14.7. The average Bonchev–Trinajstić information content (AvgIpc) is 2.48. The van der Waals surface area contributed by atoms with Crippen molar-refractivity contribution >= 4 is 12.1 Å². The molecule has 0 radical (unpaired) electrons. The van der Waals surface area contributed by atoms with Crippen LogP contribution in [-0.2, 0) is 14.3 Å². The van der Waals surface area contributed by atoms with Gasteiger partial charge >= 0.3 is 12.1 Å². The van der Waals surface area contributed by atoms with E-state index >= 15 is 0 Å². The predicted molar refractivity (Wildman–Crippen MR) is 81.8 cm³/mol. The van der Waals surface area contributed by atoms with Gasteiger partial charge in [-0.1, -0.05) is 38.5 Å². The van der Waals surface area contributed by atoms with Gasteiger partial charge in [0.2, 0.25) is 0 Å². The van der Waals surface area contributed by atoms with Gasteiger partial charge in [-0.3, -0.25) is 4.79 Å².